The first-order valence-electron chi connectivity index (χ1n) is 8.58. The molecule has 2 aliphatic rings. The van der Waals surface area contributed by atoms with E-state index < -0.39 is 24.6 Å². The molecule has 7 nitrogen and oxygen atoms in total. The van der Waals surface area contributed by atoms with Gasteiger partial charge in [-0.15, -0.1) is 0 Å². The van der Waals surface area contributed by atoms with Gasteiger partial charge in [-0.2, -0.15) is 9.97 Å². The Bertz CT molecular complexity index is 781. The lowest BCUT2D eigenvalue weighted by molar-refractivity contribution is -0.0137. The Morgan fingerprint density at radius 1 is 1.36 bits per heavy atom. The number of aliphatic hydroxyl groups is 1. The lowest BCUT2D eigenvalue weighted by Crippen LogP contribution is -2.30. The number of nitrogens with zero attached hydrogens (tertiary/aromatic N) is 5. The van der Waals surface area contributed by atoms with Crippen molar-refractivity contribution in [3.8, 4) is 0 Å². The maximum Gasteiger partial charge on any atom is 0.226 e. The summed E-state index contributed by atoms with van der Waals surface area (Å²) in [6.45, 7) is 1.64. The number of aromatic nitrogens is 4. The molecule has 25 heavy (non-hydrogen) atoms. The first-order valence-corrected chi connectivity index (χ1v) is 8.95. The Kier molecular flexibility index (Phi) is 4.29. The van der Waals surface area contributed by atoms with Crippen LogP contribution >= 0.6 is 11.6 Å². The Hall–Kier alpha value is -1.51. The summed E-state index contributed by atoms with van der Waals surface area (Å²) in [7, 11) is 1.98. The second-order valence-electron chi connectivity index (χ2n) is 6.86. The molecule has 3 heterocycles. The maximum absolute atomic E-state index is 14.4. The van der Waals surface area contributed by atoms with Crippen LogP contribution in [0.2, 0.25) is 5.28 Å². The highest BCUT2D eigenvalue weighted by Gasteiger charge is 2.43. The molecule has 2 aromatic heterocycles. The quantitative estimate of drug-likeness (QED) is 0.837. The number of aliphatic hydroxyl groups excluding tert-OH is 1. The SMILES string of the molecule is C[C@H]1O[C@@H](n2cnc3c(N(C)C4CCCC4)nc(Cl)nc32)[C@H](F)[C@@H]1O. The summed E-state index contributed by atoms with van der Waals surface area (Å²) in [5.74, 6) is 0.641. The van der Waals surface area contributed by atoms with Crippen molar-refractivity contribution in [2.75, 3.05) is 11.9 Å². The lowest BCUT2D eigenvalue weighted by atomic mass is 10.2. The summed E-state index contributed by atoms with van der Waals surface area (Å²) in [6.07, 6.45) is 1.74. The van der Waals surface area contributed by atoms with Gasteiger partial charge in [0, 0.05) is 13.1 Å². The van der Waals surface area contributed by atoms with Crippen LogP contribution in [0.1, 0.15) is 38.8 Å². The third-order valence-corrected chi connectivity index (χ3v) is 5.46. The first-order chi connectivity index (χ1) is 12.0. The molecule has 1 saturated heterocycles. The molecular formula is C16H21ClFN5O2. The van der Waals surface area contributed by atoms with Gasteiger partial charge in [-0.25, -0.2) is 9.37 Å². The van der Waals surface area contributed by atoms with Gasteiger partial charge < -0.3 is 14.7 Å². The van der Waals surface area contributed by atoms with Gasteiger partial charge in [0.1, 0.15) is 6.10 Å². The first kappa shape index (κ1) is 16.9. The number of imidazole rings is 1. The zero-order valence-electron chi connectivity index (χ0n) is 14.1. The van der Waals surface area contributed by atoms with E-state index in [-0.39, 0.29) is 5.28 Å². The molecule has 0 radical (unpaired) electrons. The van der Waals surface area contributed by atoms with Crippen LogP contribution in [0.4, 0.5) is 10.2 Å². The molecule has 1 N–H and O–H groups in total. The summed E-state index contributed by atoms with van der Waals surface area (Å²) in [5, 5.41) is 9.93. The summed E-state index contributed by atoms with van der Waals surface area (Å²) in [6, 6.07) is 0.387. The fraction of sp³-hybridized carbons (Fsp3) is 0.688. The molecule has 0 spiro atoms. The van der Waals surface area contributed by atoms with Gasteiger partial charge in [0.2, 0.25) is 5.28 Å². The van der Waals surface area contributed by atoms with Crippen LogP contribution in [-0.2, 0) is 4.74 Å². The number of fused-ring (bicyclic) bond motifs is 1. The van der Waals surface area contributed by atoms with E-state index in [2.05, 4.69) is 19.9 Å². The van der Waals surface area contributed by atoms with Crippen LogP contribution in [0.5, 0.6) is 0 Å². The van der Waals surface area contributed by atoms with Crippen molar-refractivity contribution < 1.29 is 14.2 Å². The van der Waals surface area contributed by atoms with E-state index in [4.69, 9.17) is 16.3 Å². The summed E-state index contributed by atoms with van der Waals surface area (Å²) in [5.41, 5.74) is 0.970. The van der Waals surface area contributed by atoms with E-state index in [1.54, 1.807) is 6.92 Å². The minimum absolute atomic E-state index is 0.0797. The molecule has 1 aliphatic carbocycles. The molecule has 0 unspecified atom stereocenters. The average Bonchev–Trinajstić information content (AvgIpc) is 3.30. The molecule has 2 fully saturated rings. The number of ether oxygens (including phenoxy) is 1. The highest BCUT2D eigenvalue weighted by Crippen LogP contribution is 2.36. The van der Waals surface area contributed by atoms with E-state index in [9.17, 15) is 9.50 Å². The number of anilines is 1. The molecule has 1 aliphatic heterocycles. The fourth-order valence-corrected chi connectivity index (χ4v) is 3.95. The van der Waals surface area contributed by atoms with Crippen LogP contribution in [0.25, 0.3) is 11.2 Å². The molecule has 0 aromatic carbocycles. The second-order valence-corrected chi connectivity index (χ2v) is 7.19. The third kappa shape index (κ3) is 2.76. The van der Waals surface area contributed by atoms with Gasteiger partial charge in [0.15, 0.2) is 29.4 Å². The van der Waals surface area contributed by atoms with Crippen molar-refractivity contribution in [2.24, 2.45) is 0 Å². The number of hydrogen-bond acceptors (Lipinski definition) is 6. The lowest BCUT2D eigenvalue weighted by Gasteiger charge is -2.25. The Morgan fingerprint density at radius 3 is 2.72 bits per heavy atom. The normalized spacial score (nSPS) is 30.4. The van der Waals surface area contributed by atoms with Crippen LogP contribution in [0, 0.1) is 0 Å². The van der Waals surface area contributed by atoms with Crippen LogP contribution in [0.15, 0.2) is 6.33 Å². The highest BCUT2D eigenvalue weighted by atomic mass is 35.5. The highest BCUT2D eigenvalue weighted by molar-refractivity contribution is 6.28. The number of halogens is 2. The van der Waals surface area contributed by atoms with Gasteiger partial charge in [0.05, 0.1) is 12.4 Å². The zero-order valence-corrected chi connectivity index (χ0v) is 14.9. The number of alkyl halides is 1. The Balaban J connectivity index is 1.76. The van der Waals surface area contributed by atoms with E-state index >= 15 is 0 Å². The van der Waals surface area contributed by atoms with Crippen molar-refractivity contribution in [1.82, 2.24) is 19.5 Å². The van der Waals surface area contributed by atoms with Crippen LogP contribution in [-0.4, -0.2) is 56.1 Å². The van der Waals surface area contributed by atoms with Crippen molar-refractivity contribution in [3.63, 3.8) is 0 Å². The average molecular weight is 370 g/mol. The molecule has 4 rings (SSSR count). The smallest absolute Gasteiger partial charge is 0.226 e. The molecule has 4 atom stereocenters. The molecule has 1 saturated carbocycles. The fourth-order valence-electron chi connectivity index (χ4n) is 3.79. The van der Waals surface area contributed by atoms with Crippen molar-refractivity contribution in [2.45, 2.75) is 63.3 Å². The minimum atomic E-state index is -1.56. The van der Waals surface area contributed by atoms with E-state index in [0.29, 0.717) is 23.0 Å². The van der Waals surface area contributed by atoms with E-state index in [1.165, 1.54) is 23.7 Å². The number of rotatable bonds is 3. The Labute approximate surface area is 149 Å². The summed E-state index contributed by atoms with van der Waals surface area (Å²) >= 11 is 6.13. The maximum atomic E-state index is 14.4. The predicted molar refractivity (Wildman–Crippen MR) is 91.5 cm³/mol. The van der Waals surface area contributed by atoms with Gasteiger partial charge in [-0.05, 0) is 31.4 Å². The second kappa shape index (κ2) is 6.34. The molecule has 0 amide bonds. The predicted octanol–water partition coefficient (Wildman–Crippen LogP) is 2.47. The summed E-state index contributed by atoms with van der Waals surface area (Å²) < 4.78 is 21.5. The van der Waals surface area contributed by atoms with Gasteiger partial charge >= 0.3 is 0 Å². The minimum Gasteiger partial charge on any atom is -0.387 e. The zero-order chi connectivity index (χ0) is 17.7. The third-order valence-electron chi connectivity index (χ3n) is 5.29. The topological polar surface area (TPSA) is 76.3 Å². The molecular weight excluding hydrogens is 349 g/mol. The van der Waals surface area contributed by atoms with Crippen molar-refractivity contribution in [3.05, 3.63) is 11.6 Å². The van der Waals surface area contributed by atoms with E-state index in [0.717, 1.165) is 12.8 Å². The molecule has 0 bridgehead atoms. The van der Waals surface area contributed by atoms with Gasteiger partial charge in [-0.1, -0.05) is 12.8 Å². The van der Waals surface area contributed by atoms with E-state index in [1.807, 2.05) is 7.05 Å². The largest absolute Gasteiger partial charge is 0.387 e. The van der Waals surface area contributed by atoms with Gasteiger partial charge in [0.25, 0.3) is 0 Å². The standard InChI is InChI=1S/C16H21ClFN5O2/c1-8-12(24)10(18)15(25-8)23-7-19-11-13(20-16(17)21-14(11)23)22(2)9-5-3-4-6-9/h7-10,12,15,24H,3-6H2,1-2H3/t8-,10-,12-,15-/m1/s1. The Morgan fingerprint density at radius 2 is 2.08 bits per heavy atom. The molecule has 9 heteroatoms. The monoisotopic (exact) mass is 369 g/mol. The van der Waals surface area contributed by atoms with Crippen LogP contribution in [0.3, 0.4) is 0 Å². The van der Waals surface area contributed by atoms with Crippen molar-refractivity contribution in [1.29, 1.82) is 0 Å². The van der Waals surface area contributed by atoms with Gasteiger partial charge in [-0.3, -0.25) is 4.57 Å². The van der Waals surface area contributed by atoms with Crippen molar-refractivity contribution >= 4 is 28.6 Å². The molecule has 2 aromatic rings. The molecule has 136 valence electrons. The summed E-state index contributed by atoms with van der Waals surface area (Å²) in [4.78, 5) is 15.1. The van der Waals surface area contributed by atoms with Crippen LogP contribution < -0.4 is 4.90 Å². The number of hydrogen-bond donors (Lipinski definition) is 1.